The van der Waals surface area contributed by atoms with Gasteiger partial charge in [0.25, 0.3) is 0 Å². The average Bonchev–Trinajstić information content (AvgIpc) is 2.46. The third-order valence-corrected chi connectivity index (χ3v) is 5.11. The van der Waals surface area contributed by atoms with Crippen molar-refractivity contribution >= 4 is 27.7 Å². The Kier molecular flexibility index (Phi) is 6.34. The molecule has 2 unspecified atom stereocenters. The van der Waals surface area contributed by atoms with Gasteiger partial charge in [0.2, 0.25) is 0 Å². The molecule has 2 rings (SSSR count). The molecule has 1 N–H and O–H groups in total. The molecule has 0 aliphatic heterocycles. The Bertz CT molecular complexity index is 568. The van der Waals surface area contributed by atoms with Gasteiger partial charge < -0.3 is 5.32 Å². The molecule has 2 atom stereocenters. The molecule has 0 fully saturated rings. The van der Waals surface area contributed by atoms with E-state index in [1.54, 1.807) is 0 Å². The molecule has 0 amide bonds. The number of aryl methyl sites for hydroxylation is 1. The van der Waals surface area contributed by atoms with Crippen LogP contribution in [0.15, 0.2) is 57.9 Å². The first kappa shape index (κ1) is 16.6. The lowest BCUT2D eigenvalue weighted by Crippen LogP contribution is -2.28. The van der Waals surface area contributed by atoms with Gasteiger partial charge in [0, 0.05) is 20.7 Å². The molecule has 2 aromatic carbocycles. The summed E-state index contributed by atoms with van der Waals surface area (Å²) in [4.78, 5) is 1.30. The van der Waals surface area contributed by atoms with E-state index in [1.807, 2.05) is 11.8 Å². The van der Waals surface area contributed by atoms with E-state index in [2.05, 4.69) is 90.5 Å². The van der Waals surface area contributed by atoms with E-state index in [9.17, 15) is 0 Å². The normalized spacial score (nSPS) is 13.9. The molecule has 0 aliphatic rings. The highest BCUT2D eigenvalue weighted by molar-refractivity contribution is 9.10. The molecule has 3 heteroatoms. The third kappa shape index (κ3) is 4.87. The number of nitrogens with one attached hydrogen (secondary N) is 1. The second kappa shape index (κ2) is 8.02. The fourth-order valence-electron chi connectivity index (χ4n) is 2.37. The molecule has 0 spiro atoms. The molecular weight excluding hydrogens is 342 g/mol. The zero-order valence-corrected chi connectivity index (χ0v) is 15.2. The summed E-state index contributed by atoms with van der Waals surface area (Å²) in [5, 5.41) is 4.08. The predicted molar refractivity (Wildman–Crippen MR) is 97.1 cm³/mol. The lowest BCUT2D eigenvalue weighted by Gasteiger charge is -2.25. The van der Waals surface area contributed by atoms with Crippen LogP contribution in [0.2, 0.25) is 0 Å². The van der Waals surface area contributed by atoms with Crippen molar-refractivity contribution in [1.29, 1.82) is 0 Å². The number of halogens is 1. The number of rotatable bonds is 6. The van der Waals surface area contributed by atoms with Crippen molar-refractivity contribution in [3.8, 4) is 0 Å². The van der Waals surface area contributed by atoms with E-state index < -0.39 is 0 Å². The zero-order valence-electron chi connectivity index (χ0n) is 12.8. The molecule has 1 nitrogen and oxygen atoms in total. The van der Waals surface area contributed by atoms with Crippen LogP contribution in [0.25, 0.3) is 0 Å². The third-order valence-electron chi connectivity index (χ3n) is 3.45. The average molecular weight is 364 g/mol. The largest absolute Gasteiger partial charge is 0.309 e. The van der Waals surface area contributed by atoms with Gasteiger partial charge in [-0.25, -0.2) is 0 Å². The SMILES string of the molecule is CCNC(c1ccc(C)cc1)C(C)Sc1cccc(Br)c1. The molecule has 0 aliphatic carbocycles. The van der Waals surface area contributed by atoms with Crippen molar-refractivity contribution in [2.24, 2.45) is 0 Å². The van der Waals surface area contributed by atoms with Crippen LogP contribution in [0.1, 0.15) is 31.0 Å². The lowest BCUT2D eigenvalue weighted by atomic mass is 10.0. The van der Waals surface area contributed by atoms with E-state index in [0.717, 1.165) is 11.0 Å². The molecule has 2 aromatic rings. The van der Waals surface area contributed by atoms with Gasteiger partial charge in [-0.05, 0) is 37.2 Å². The topological polar surface area (TPSA) is 12.0 Å². The molecule has 112 valence electrons. The minimum atomic E-state index is 0.361. The maximum Gasteiger partial charge on any atom is 0.0441 e. The molecule has 0 radical (unpaired) electrons. The fourth-order valence-corrected chi connectivity index (χ4v) is 4.09. The van der Waals surface area contributed by atoms with E-state index in [4.69, 9.17) is 0 Å². The highest BCUT2D eigenvalue weighted by atomic mass is 79.9. The molecular formula is C18H22BrNS. The quantitative estimate of drug-likeness (QED) is 0.671. The molecule has 0 saturated heterocycles. The number of hydrogen-bond donors (Lipinski definition) is 1. The Morgan fingerprint density at radius 2 is 1.86 bits per heavy atom. The molecule has 21 heavy (non-hydrogen) atoms. The first-order valence-electron chi connectivity index (χ1n) is 7.32. The smallest absolute Gasteiger partial charge is 0.0441 e. The van der Waals surface area contributed by atoms with Gasteiger partial charge in [-0.15, -0.1) is 11.8 Å². The second-order valence-electron chi connectivity index (χ2n) is 5.23. The summed E-state index contributed by atoms with van der Waals surface area (Å²) in [6.45, 7) is 7.56. The van der Waals surface area contributed by atoms with Gasteiger partial charge in [0.1, 0.15) is 0 Å². The van der Waals surface area contributed by atoms with Crippen LogP contribution in [0, 0.1) is 6.92 Å². The minimum absolute atomic E-state index is 0.361. The summed E-state index contributed by atoms with van der Waals surface area (Å²) in [6.07, 6.45) is 0. The van der Waals surface area contributed by atoms with Gasteiger partial charge in [0.05, 0.1) is 0 Å². The van der Waals surface area contributed by atoms with Crippen LogP contribution in [0.5, 0.6) is 0 Å². The van der Waals surface area contributed by atoms with Gasteiger partial charge >= 0.3 is 0 Å². The number of hydrogen-bond acceptors (Lipinski definition) is 2. The first-order chi connectivity index (χ1) is 10.1. The van der Waals surface area contributed by atoms with Gasteiger partial charge in [-0.2, -0.15) is 0 Å². The second-order valence-corrected chi connectivity index (χ2v) is 7.59. The minimum Gasteiger partial charge on any atom is -0.309 e. The maximum absolute atomic E-state index is 3.62. The van der Waals surface area contributed by atoms with Gasteiger partial charge in [-0.1, -0.05) is 65.7 Å². The van der Waals surface area contributed by atoms with Crippen molar-refractivity contribution in [2.45, 2.75) is 37.0 Å². The number of thioether (sulfide) groups is 1. The summed E-state index contributed by atoms with van der Waals surface area (Å²) >= 11 is 5.46. The van der Waals surface area contributed by atoms with E-state index in [-0.39, 0.29) is 0 Å². The Labute approximate surface area is 140 Å². The first-order valence-corrected chi connectivity index (χ1v) is 8.99. The Balaban J connectivity index is 2.15. The summed E-state index contributed by atoms with van der Waals surface area (Å²) < 4.78 is 1.13. The fraction of sp³-hybridized carbons (Fsp3) is 0.333. The van der Waals surface area contributed by atoms with Crippen molar-refractivity contribution < 1.29 is 0 Å². The zero-order chi connectivity index (χ0) is 15.2. The maximum atomic E-state index is 3.62. The van der Waals surface area contributed by atoms with E-state index in [0.29, 0.717) is 11.3 Å². The van der Waals surface area contributed by atoms with E-state index >= 15 is 0 Å². The van der Waals surface area contributed by atoms with Gasteiger partial charge in [-0.3, -0.25) is 0 Å². The summed E-state index contributed by atoms with van der Waals surface area (Å²) in [5.41, 5.74) is 2.67. The van der Waals surface area contributed by atoms with Crippen molar-refractivity contribution in [3.05, 3.63) is 64.1 Å². The van der Waals surface area contributed by atoms with Crippen molar-refractivity contribution in [3.63, 3.8) is 0 Å². The van der Waals surface area contributed by atoms with Crippen LogP contribution >= 0.6 is 27.7 Å². The predicted octanol–water partition coefficient (Wildman–Crippen LogP) is 5.59. The van der Waals surface area contributed by atoms with Gasteiger partial charge in [0.15, 0.2) is 0 Å². The highest BCUT2D eigenvalue weighted by Gasteiger charge is 2.19. The van der Waals surface area contributed by atoms with E-state index in [1.165, 1.54) is 16.0 Å². The van der Waals surface area contributed by atoms with Crippen molar-refractivity contribution in [2.75, 3.05) is 6.54 Å². The van der Waals surface area contributed by atoms with Crippen LogP contribution in [0.4, 0.5) is 0 Å². The van der Waals surface area contributed by atoms with Crippen LogP contribution in [0.3, 0.4) is 0 Å². The van der Waals surface area contributed by atoms with Crippen LogP contribution in [-0.2, 0) is 0 Å². The Morgan fingerprint density at radius 1 is 1.14 bits per heavy atom. The Morgan fingerprint density at radius 3 is 2.48 bits per heavy atom. The van der Waals surface area contributed by atoms with Crippen molar-refractivity contribution in [1.82, 2.24) is 5.32 Å². The lowest BCUT2D eigenvalue weighted by molar-refractivity contribution is 0.548. The Hall–Kier alpha value is -0.770. The molecule has 0 saturated carbocycles. The van der Waals surface area contributed by atoms with Crippen LogP contribution < -0.4 is 5.32 Å². The standard InChI is InChI=1S/C18H22BrNS/c1-4-20-18(15-10-8-13(2)9-11-15)14(3)21-17-7-5-6-16(19)12-17/h5-12,14,18,20H,4H2,1-3H3. The summed E-state index contributed by atoms with van der Waals surface area (Å²) in [7, 11) is 0. The molecule has 0 bridgehead atoms. The summed E-state index contributed by atoms with van der Waals surface area (Å²) in [5.74, 6) is 0. The summed E-state index contributed by atoms with van der Waals surface area (Å²) in [6, 6.07) is 17.7. The molecule has 0 heterocycles. The van der Waals surface area contributed by atoms with Crippen LogP contribution in [-0.4, -0.2) is 11.8 Å². The number of benzene rings is 2. The monoisotopic (exact) mass is 363 g/mol. The molecule has 0 aromatic heterocycles. The highest BCUT2D eigenvalue weighted by Crippen LogP contribution is 2.33.